The third-order valence-corrected chi connectivity index (χ3v) is 5.74. The Morgan fingerprint density at radius 3 is 2.81 bits per heavy atom. The first kappa shape index (κ1) is 13.9. The summed E-state index contributed by atoms with van der Waals surface area (Å²) in [5.41, 5.74) is 2.83. The minimum atomic E-state index is 0.748. The predicted octanol–water partition coefficient (Wildman–Crippen LogP) is 4.36. The lowest BCUT2D eigenvalue weighted by Crippen LogP contribution is -2.43. The monoisotopic (exact) mass is 304 g/mol. The number of rotatable bonds is 4. The SMILES string of the molecule is Clc1ccc(N2CCCC3CCCC32)c(CNC2CC2)c1. The van der Waals surface area contributed by atoms with E-state index >= 15 is 0 Å². The molecule has 0 amide bonds. The van der Waals surface area contributed by atoms with Crippen LogP contribution in [0.15, 0.2) is 18.2 Å². The van der Waals surface area contributed by atoms with Gasteiger partial charge in [-0.25, -0.2) is 0 Å². The van der Waals surface area contributed by atoms with E-state index in [0.717, 1.165) is 29.6 Å². The quantitative estimate of drug-likeness (QED) is 0.889. The molecule has 0 aromatic heterocycles. The van der Waals surface area contributed by atoms with E-state index in [1.54, 1.807) is 0 Å². The zero-order valence-electron chi connectivity index (χ0n) is 12.7. The minimum Gasteiger partial charge on any atom is -0.368 e. The lowest BCUT2D eigenvalue weighted by molar-refractivity contribution is 0.362. The Morgan fingerprint density at radius 2 is 1.95 bits per heavy atom. The van der Waals surface area contributed by atoms with E-state index in [4.69, 9.17) is 11.6 Å². The number of hydrogen-bond acceptors (Lipinski definition) is 2. The van der Waals surface area contributed by atoms with Crippen molar-refractivity contribution in [1.29, 1.82) is 0 Å². The predicted molar refractivity (Wildman–Crippen MR) is 89.0 cm³/mol. The molecule has 2 unspecified atom stereocenters. The molecule has 0 spiro atoms. The summed E-state index contributed by atoms with van der Waals surface area (Å²) in [7, 11) is 0. The highest BCUT2D eigenvalue weighted by molar-refractivity contribution is 6.30. The van der Waals surface area contributed by atoms with Crippen molar-refractivity contribution < 1.29 is 0 Å². The summed E-state index contributed by atoms with van der Waals surface area (Å²) in [5.74, 6) is 0.929. The standard InChI is InChI=1S/C18H25ClN2/c19-15-6-9-18(14(11-15)12-20-16-7-8-16)21-10-2-4-13-3-1-5-17(13)21/h6,9,11,13,16-17,20H,1-5,7-8,10,12H2. The number of piperidine rings is 1. The molecule has 0 radical (unpaired) electrons. The second-order valence-electron chi connectivity index (χ2n) is 7.02. The zero-order valence-corrected chi connectivity index (χ0v) is 13.4. The van der Waals surface area contributed by atoms with Crippen molar-refractivity contribution in [2.75, 3.05) is 11.4 Å². The first-order valence-corrected chi connectivity index (χ1v) is 8.97. The van der Waals surface area contributed by atoms with Gasteiger partial charge in [0.2, 0.25) is 0 Å². The van der Waals surface area contributed by atoms with Gasteiger partial charge < -0.3 is 10.2 Å². The van der Waals surface area contributed by atoms with Crippen molar-refractivity contribution in [2.24, 2.45) is 5.92 Å². The molecule has 3 heteroatoms. The molecule has 21 heavy (non-hydrogen) atoms. The second-order valence-corrected chi connectivity index (χ2v) is 7.46. The van der Waals surface area contributed by atoms with Crippen LogP contribution in [-0.2, 0) is 6.54 Å². The van der Waals surface area contributed by atoms with Crippen molar-refractivity contribution in [1.82, 2.24) is 5.32 Å². The fourth-order valence-electron chi connectivity index (χ4n) is 4.27. The summed E-state index contributed by atoms with van der Waals surface area (Å²) in [4.78, 5) is 2.70. The molecule has 3 fully saturated rings. The van der Waals surface area contributed by atoms with Crippen LogP contribution in [0.2, 0.25) is 5.02 Å². The number of hydrogen-bond donors (Lipinski definition) is 1. The fraction of sp³-hybridized carbons (Fsp3) is 0.667. The summed E-state index contributed by atoms with van der Waals surface area (Å²) < 4.78 is 0. The Balaban J connectivity index is 1.59. The molecular weight excluding hydrogens is 280 g/mol. The second kappa shape index (κ2) is 5.81. The molecule has 2 nitrogen and oxygen atoms in total. The zero-order chi connectivity index (χ0) is 14.2. The molecular formula is C18H25ClN2. The van der Waals surface area contributed by atoms with Crippen LogP contribution < -0.4 is 10.2 Å². The number of anilines is 1. The lowest BCUT2D eigenvalue weighted by atomic mass is 9.91. The third kappa shape index (κ3) is 2.93. The molecule has 3 aliphatic rings. The van der Waals surface area contributed by atoms with Crippen LogP contribution in [0.3, 0.4) is 0 Å². The van der Waals surface area contributed by atoms with Crippen LogP contribution >= 0.6 is 11.6 Å². The van der Waals surface area contributed by atoms with E-state index in [1.807, 2.05) is 0 Å². The summed E-state index contributed by atoms with van der Waals surface area (Å²) in [6.07, 6.45) is 9.68. The number of nitrogens with zero attached hydrogens (tertiary/aromatic N) is 1. The Hall–Kier alpha value is -0.730. The van der Waals surface area contributed by atoms with Crippen LogP contribution in [-0.4, -0.2) is 18.6 Å². The Bertz CT molecular complexity index is 512. The molecule has 1 saturated heterocycles. The lowest BCUT2D eigenvalue weighted by Gasteiger charge is -2.40. The minimum absolute atomic E-state index is 0.748. The molecule has 2 saturated carbocycles. The Kier molecular flexibility index (Phi) is 3.85. The maximum Gasteiger partial charge on any atom is 0.0415 e. The van der Waals surface area contributed by atoms with Crippen LogP contribution in [0.5, 0.6) is 0 Å². The maximum absolute atomic E-state index is 6.25. The molecule has 1 aliphatic heterocycles. The van der Waals surface area contributed by atoms with Gasteiger partial charge in [0.15, 0.2) is 0 Å². The van der Waals surface area contributed by atoms with E-state index in [2.05, 4.69) is 28.4 Å². The average Bonchev–Trinajstić information content (AvgIpc) is 3.20. The van der Waals surface area contributed by atoms with Gasteiger partial charge in [-0.15, -0.1) is 0 Å². The molecule has 0 bridgehead atoms. The summed E-state index contributed by atoms with van der Waals surface area (Å²) in [6, 6.07) is 8.02. The number of halogens is 1. The average molecular weight is 305 g/mol. The van der Waals surface area contributed by atoms with Crippen molar-refractivity contribution >= 4 is 17.3 Å². The van der Waals surface area contributed by atoms with Gasteiger partial charge in [-0.05, 0) is 68.2 Å². The molecule has 4 rings (SSSR count). The van der Waals surface area contributed by atoms with Gasteiger partial charge in [0.05, 0.1) is 0 Å². The Morgan fingerprint density at radius 1 is 1.10 bits per heavy atom. The van der Waals surface area contributed by atoms with Crippen molar-refractivity contribution in [3.8, 4) is 0 Å². The topological polar surface area (TPSA) is 15.3 Å². The normalized spacial score (nSPS) is 28.7. The molecule has 1 aromatic carbocycles. The largest absolute Gasteiger partial charge is 0.368 e. The summed E-state index contributed by atoms with van der Waals surface area (Å²) in [6.45, 7) is 2.19. The van der Waals surface area contributed by atoms with Gasteiger partial charge >= 0.3 is 0 Å². The number of nitrogens with one attached hydrogen (secondary N) is 1. The maximum atomic E-state index is 6.25. The summed E-state index contributed by atoms with van der Waals surface area (Å²) in [5, 5.41) is 4.52. The highest BCUT2D eigenvalue weighted by atomic mass is 35.5. The first-order valence-electron chi connectivity index (χ1n) is 8.60. The molecule has 1 aromatic rings. The smallest absolute Gasteiger partial charge is 0.0415 e. The van der Waals surface area contributed by atoms with Crippen molar-refractivity contribution in [2.45, 2.75) is 63.6 Å². The van der Waals surface area contributed by atoms with Gasteiger partial charge in [0.25, 0.3) is 0 Å². The molecule has 1 heterocycles. The van der Waals surface area contributed by atoms with E-state index < -0.39 is 0 Å². The van der Waals surface area contributed by atoms with Gasteiger partial charge in [0.1, 0.15) is 0 Å². The van der Waals surface area contributed by atoms with Gasteiger partial charge in [-0.1, -0.05) is 18.0 Å². The molecule has 114 valence electrons. The van der Waals surface area contributed by atoms with E-state index in [-0.39, 0.29) is 0 Å². The third-order valence-electron chi connectivity index (χ3n) is 5.50. The van der Waals surface area contributed by atoms with Gasteiger partial charge in [-0.2, -0.15) is 0 Å². The number of benzene rings is 1. The van der Waals surface area contributed by atoms with Crippen molar-refractivity contribution in [3.05, 3.63) is 28.8 Å². The number of fused-ring (bicyclic) bond motifs is 1. The fourth-order valence-corrected chi connectivity index (χ4v) is 4.47. The molecule has 2 atom stereocenters. The van der Waals surface area contributed by atoms with E-state index in [9.17, 15) is 0 Å². The first-order chi connectivity index (χ1) is 10.3. The van der Waals surface area contributed by atoms with E-state index in [1.165, 1.54) is 62.7 Å². The van der Waals surface area contributed by atoms with Crippen LogP contribution in [0.1, 0.15) is 50.5 Å². The van der Waals surface area contributed by atoms with Gasteiger partial charge in [-0.3, -0.25) is 0 Å². The van der Waals surface area contributed by atoms with Crippen LogP contribution in [0.4, 0.5) is 5.69 Å². The summed E-state index contributed by atoms with van der Waals surface area (Å²) >= 11 is 6.25. The molecule has 2 aliphatic carbocycles. The molecule has 1 N–H and O–H groups in total. The van der Waals surface area contributed by atoms with Crippen LogP contribution in [0.25, 0.3) is 0 Å². The van der Waals surface area contributed by atoms with E-state index in [0.29, 0.717) is 0 Å². The highest BCUT2D eigenvalue weighted by Gasteiger charge is 2.35. The van der Waals surface area contributed by atoms with Gasteiger partial charge in [0, 0.05) is 35.9 Å². The van der Waals surface area contributed by atoms with Crippen LogP contribution in [0, 0.1) is 5.92 Å². The Labute approximate surface area is 132 Å². The highest BCUT2D eigenvalue weighted by Crippen LogP contribution is 2.40. The van der Waals surface area contributed by atoms with Crippen molar-refractivity contribution in [3.63, 3.8) is 0 Å².